The fraction of sp³-hybridized carbons (Fsp3) is 0.500. The third-order valence-electron chi connectivity index (χ3n) is 7.32. The monoisotopic (exact) mass is 449 g/mol. The van der Waals surface area contributed by atoms with Crippen LogP contribution in [0.3, 0.4) is 0 Å². The van der Waals surface area contributed by atoms with E-state index in [0.29, 0.717) is 32.5 Å². The molecular formula is C26H31N3O4. The lowest BCUT2D eigenvalue weighted by molar-refractivity contribution is -0.130. The van der Waals surface area contributed by atoms with Gasteiger partial charge in [0, 0.05) is 44.1 Å². The summed E-state index contributed by atoms with van der Waals surface area (Å²) in [6.07, 6.45) is 11.0. The Bertz CT molecular complexity index is 1020. The Labute approximate surface area is 194 Å². The molecule has 1 saturated heterocycles. The number of fused-ring (bicyclic) bond motifs is 3. The zero-order chi connectivity index (χ0) is 22.8. The van der Waals surface area contributed by atoms with Crippen molar-refractivity contribution in [2.24, 2.45) is 0 Å². The molecule has 3 heterocycles. The van der Waals surface area contributed by atoms with Crippen LogP contribution in [0.25, 0.3) is 6.08 Å². The average Bonchev–Trinajstić information content (AvgIpc) is 3.13. The Morgan fingerprint density at radius 1 is 1.00 bits per heavy atom. The van der Waals surface area contributed by atoms with E-state index in [2.05, 4.69) is 10.2 Å². The van der Waals surface area contributed by atoms with E-state index < -0.39 is 5.41 Å². The van der Waals surface area contributed by atoms with Gasteiger partial charge in [0.25, 0.3) is 0 Å². The first-order chi connectivity index (χ1) is 16.0. The number of ketones is 1. The summed E-state index contributed by atoms with van der Waals surface area (Å²) >= 11 is 0. The normalized spacial score (nSPS) is 30.2. The summed E-state index contributed by atoms with van der Waals surface area (Å²) in [6.45, 7) is 3.96. The van der Waals surface area contributed by atoms with Gasteiger partial charge >= 0.3 is 0 Å². The molecule has 1 spiro atoms. The van der Waals surface area contributed by atoms with Crippen LogP contribution in [0.4, 0.5) is 0 Å². The Morgan fingerprint density at radius 2 is 1.88 bits per heavy atom. The van der Waals surface area contributed by atoms with Crippen LogP contribution in [0.2, 0.25) is 0 Å². The van der Waals surface area contributed by atoms with Crippen LogP contribution in [0.15, 0.2) is 36.4 Å². The van der Waals surface area contributed by atoms with E-state index in [0.717, 1.165) is 55.8 Å². The number of ether oxygens (including phenoxy) is 1. The quantitative estimate of drug-likeness (QED) is 0.658. The lowest BCUT2D eigenvalue weighted by atomic mass is 9.68. The number of hydrogen-bond acceptors (Lipinski definition) is 5. The second-order valence-electron chi connectivity index (χ2n) is 9.52. The van der Waals surface area contributed by atoms with E-state index in [1.165, 1.54) is 0 Å². The minimum atomic E-state index is -0.507. The van der Waals surface area contributed by atoms with Crippen molar-refractivity contribution >= 4 is 23.7 Å². The number of Topliss-reactive ketones (excluding diaryl/α,β-unsaturated/α-hetero) is 1. The van der Waals surface area contributed by atoms with Gasteiger partial charge in [-0.25, -0.2) is 0 Å². The molecule has 0 aromatic heterocycles. The molecule has 4 aliphatic rings. The standard InChI is InChI=1S/C26H31N3O4/c30-20-8-10-26-11-9-24(31)27-12-1-2-13-28-14-3-15-29(18-28)25(32)7-5-19-4-6-22(21(26)16-19)33-23(26)17-20/h4-7,9,11,16,23H,1-3,8,10,12-15,17-18H2,(H,27,31)/t23-,26+/m1/s1. The number of nitrogens with one attached hydrogen (secondary N) is 1. The summed E-state index contributed by atoms with van der Waals surface area (Å²) in [5.74, 6) is 0.863. The highest BCUT2D eigenvalue weighted by Crippen LogP contribution is 2.51. The van der Waals surface area contributed by atoms with Gasteiger partial charge in [-0.15, -0.1) is 0 Å². The Balaban J connectivity index is 1.49. The summed E-state index contributed by atoms with van der Waals surface area (Å²) in [5.41, 5.74) is 1.40. The van der Waals surface area contributed by atoms with Crippen molar-refractivity contribution in [3.05, 3.63) is 47.6 Å². The van der Waals surface area contributed by atoms with E-state index in [-0.39, 0.29) is 23.7 Å². The molecule has 1 unspecified atom stereocenters. The van der Waals surface area contributed by atoms with Crippen LogP contribution in [-0.2, 0) is 19.8 Å². The van der Waals surface area contributed by atoms with E-state index in [1.807, 2.05) is 35.3 Å². The molecular weight excluding hydrogens is 418 g/mol. The van der Waals surface area contributed by atoms with E-state index in [4.69, 9.17) is 4.74 Å². The van der Waals surface area contributed by atoms with Crippen LogP contribution in [0, 0.1) is 0 Å². The summed E-state index contributed by atoms with van der Waals surface area (Å²) in [5, 5.41) is 2.99. The van der Waals surface area contributed by atoms with Crippen LogP contribution < -0.4 is 10.1 Å². The number of rotatable bonds is 0. The molecule has 7 nitrogen and oxygen atoms in total. The maximum absolute atomic E-state index is 12.8. The number of benzene rings is 1. The first kappa shape index (κ1) is 21.9. The van der Waals surface area contributed by atoms with Gasteiger partial charge in [-0.2, -0.15) is 0 Å². The molecule has 1 aromatic rings. The van der Waals surface area contributed by atoms with Gasteiger partial charge in [-0.1, -0.05) is 12.1 Å². The second-order valence-corrected chi connectivity index (χ2v) is 9.52. The minimum absolute atomic E-state index is 0.0283. The predicted molar refractivity (Wildman–Crippen MR) is 125 cm³/mol. The third-order valence-corrected chi connectivity index (χ3v) is 7.32. The van der Waals surface area contributed by atoms with E-state index in [1.54, 1.807) is 12.2 Å². The number of carbonyl (C=O) groups excluding carboxylic acids is 3. The van der Waals surface area contributed by atoms with Crippen LogP contribution in [0.5, 0.6) is 5.75 Å². The summed E-state index contributed by atoms with van der Waals surface area (Å²) in [6, 6.07) is 5.90. The van der Waals surface area contributed by atoms with Gasteiger partial charge in [0.2, 0.25) is 11.8 Å². The Kier molecular flexibility index (Phi) is 6.06. The van der Waals surface area contributed by atoms with Crippen molar-refractivity contribution < 1.29 is 19.1 Å². The maximum atomic E-state index is 12.8. The molecule has 1 N–H and O–H groups in total. The van der Waals surface area contributed by atoms with Gasteiger partial charge in [0.15, 0.2) is 0 Å². The minimum Gasteiger partial charge on any atom is -0.488 e. The lowest BCUT2D eigenvalue weighted by Crippen LogP contribution is -2.47. The van der Waals surface area contributed by atoms with Crippen LogP contribution in [-0.4, -0.2) is 66.3 Å². The fourth-order valence-corrected chi connectivity index (χ4v) is 5.46. The van der Waals surface area contributed by atoms with Crippen LogP contribution in [0.1, 0.15) is 49.7 Å². The lowest BCUT2D eigenvalue weighted by Gasteiger charge is -2.35. The van der Waals surface area contributed by atoms with Gasteiger partial charge in [0.1, 0.15) is 17.6 Å². The number of hydrogen-bond donors (Lipinski definition) is 1. The van der Waals surface area contributed by atoms with Crippen molar-refractivity contribution in [2.45, 2.75) is 50.0 Å². The summed E-state index contributed by atoms with van der Waals surface area (Å²) in [7, 11) is 0. The molecule has 5 rings (SSSR count). The molecule has 7 heteroatoms. The molecule has 1 aliphatic carbocycles. The van der Waals surface area contributed by atoms with Crippen LogP contribution >= 0.6 is 0 Å². The second kappa shape index (κ2) is 9.14. The van der Waals surface area contributed by atoms with Crippen molar-refractivity contribution in [1.82, 2.24) is 15.1 Å². The van der Waals surface area contributed by atoms with Crippen molar-refractivity contribution in [3.8, 4) is 5.75 Å². The SMILES string of the molecule is O=C1CC[C@]23C=CC(=O)NCCCCN4CCCN(C4)C(=O)C=Cc4ccc(c2c4)O[C@@H]3C1. The van der Waals surface area contributed by atoms with Crippen molar-refractivity contribution in [3.63, 3.8) is 0 Å². The summed E-state index contributed by atoms with van der Waals surface area (Å²) in [4.78, 5) is 41.8. The first-order valence-corrected chi connectivity index (χ1v) is 12.0. The number of nitrogens with zero attached hydrogens (tertiary/aromatic N) is 2. The van der Waals surface area contributed by atoms with Gasteiger partial charge in [0.05, 0.1) is 12.1 Å². The summed E-state index contributed by atoms with van der Waals surface area (Å²) < 4.78 is 6.19. The zero-order valence-corrected chi connectivity index (χ0v) is 18.9. The molecule has 174 valence electrons. The number of carbonyl (C=O) groups is 3. The van der Waals surface area contributed by atoms with Gasteiger partial charge < -0.3 is 15.0 Å². The highest BCUT2D eigenvalue weighted by molar-refractivity contribution is 5.92. The van der Waals surface area contributed by atoms with Crippen molar-refractivity contribution in [2.75, 3.05) is 32.8 Å². The molecule has 4 bridgehead atoms. The molecule has 2 fully saturated rings. The largest absolute Gasteiger partial charge is 0.488 e. The molecule has 1 saturated carbocycles. The average molecular weight is 450 g/mol. The van der Waals surface area contributed by atoms with E-state index >= 15 is 0 Å². The number of amides is 2. The highest BCUT2D eigenvalue weighted by atomic mass is 16.5. The van der Waals surface area contributed by atoms with Gasteiger partial charge in [-0.3, -0.25) is 19.3 Å². The first-order valence-electron chi connectivity index (χ1n) is 12.0. The Hall–Kier alpha value is -2.93. The topological polar surface area (TPSA) is 79.0 Å². The predicted octanol–water partition coefficient (Wildman–Crippen LogP) is 2.41. The zero-order valence-electron chi connectivity index (χ0n) is 18.9. The van der Waals surface area contributed by atoms with Crippen molar-refractivity contribution in [1.29, 1.82) is 0 Å². The highest BCUT2D eigenvalue weighted by Gasteiger charge is 2.50. The molecule has 3 aliphatic heterocycles. The molecule has 2 amide bonds. The fourth-order valence-electron chi connectivity index (χ4n) is 5.46. The molecule has 3 atom stereocenters. The molecule has 33 heavy (non-hydrogen) atoms. The third kappa shape index (κ3) is 4.47. The van der Waals surface area contributed by atoms with Gasteiger partial charge in [-0.05, 0) is 62.1 Å². The smallest absolute Gasteiger partial charge is 0.247 e. The Morgan fingerprint density at radius 3 is 2.79 bits per heavy atom. The maximum Gasteiger partial charge on any atom is 0.247 e. The van der Waals surface area contributed by atoms with E-state index in [9.17, 15) is 14.4 Å². The molecule has 0 radical (unpaired) electrons. The molecule has 1 aromatic carbocycles.